The lowest BCUT2D eigenvalue weighted by Crippen LogP contribution is -2.08. The van der Waals surface area contributed by atoms with E-state index in [4.69, 9.17) is 16.3 Å². The molecule has 0 fully saturated rings. The maximum Gasteiger partial charge on any atom is 0.338 e. The summed E-state index contributed by atoms with van der Waals surface area (Å²) in [6.07, 6.45) is 0.602. The van der Waals surface area contributed by atoms with E-state index in [-0.39, 0.29) is 18.0 Å². The fourth-order valence-corrected chi connectivity index (χ4v) is 2.31. The third-order valence-corrected chi connectivity index (χ3v) is 3.50. The number of carbonyl (C=O) groups is 2. The molecule has 2 aromatic rings. The molecule has 0 atom stereocenters. The lowest BCUT2D eigenvalue weighted by molar-refractivity contribution is 0.0599. The number of aromatic hydroxyl groups is 1. The van der Waals surface area contributed by atoms with Gasteiger partial charge >= 0.3 is 5.97 Å². The van der Waals surface area contributed by atoms with Crippen molar-refractivity contribution in [2.24, 2.45) is 0 Å². The lowest BCUT2D eigenvalue weighted by Gasteiger charge is -2.08. The Balaban J connectivity index is 2.14. The number of phenolic OH excluding ortho intramolecular Hbond substituents is 1. The average molecular weight is 319 g/mol. The minimum Gasteiger partial charge on any atom is -0.508 e. The number of ketones is 1. The largest absolute Gasteiger partial charge is 0.508 e. The quantitative estimate of drug-likeness (QED) is 0.675. The summed E-state index contributed by atoms with van der Waals surface area (Å²) in [7, 11) is 1.30. The molecule has 0 saturated heterocycles. The predicted molar refractivity (Wildman–Crippen MR) is 83.5 cm³/mol. The van der Waals surface area contributed by atoms with Crippen molar-refractivity contribution < 1.29 is 19.4 Å². The van der Waals surface area contributed by atoms with E-state index in [1.54, 1.807) is 24.3 Å². The van der Waals surface area contributed by atoms with Crippen LogP contribution in [0, 0.1) is 0 Å². The van der Waals surface area contributed by atoms with Crippen molar-refractivity contribution in [1.29, 1.82) is 0 Å². The van der Waals surface area contributed by atoms with Gasteiger partial charge < -0.3 is 9.84 Å². The van der Waals surface area contributed by atoms with Gasteiger partial charge in [0.25, 0.3) is 0 Å². The zero-order chi connectivity index (χ0) is 16.1. The molecule has 0 aliphatic rings. The van der Waals surface area contributed by atoms with Crippen molar-refractivity contribution in [2.45, 2.75) is 12.8 Å². The van der Waals surface area contributed by atoms with E-state index in [1.807, 2.05) is 0 Å². The van der Waals surface area contributed by atoms with E-state index < -0.39 is 5.97 Å². The molecule has 2 aromatic carbocycles. The highest BCUT2D eigenvalue weighted by Gasteiger charge is 2.14. The van der Waals surface area contributed by atoms with Gasteiger partial charge in [-0.2, -0.15) is 0 Å². The average Bonchev–Trinajstić information content (AvgIpc) is 2.52. The highest BCUT2D eigenvalue weighted by atomic mass is 35.5. The Morgan fingerprint density at radius 2 is 1.95 bits per heavy atom. The summed E-state index contributed by atoms with van der Waals surface area (Å²) in [6.45, 7) is 0. The van der Waals surface area contributed by atoms with Crippen molar-refractivity contribution in [2.75, 3.05) is 7.11 Å². The van der Waals surface area contributed by atoms with Crippen LogP contribution in [-0.2, 0) is 11.2 Å². The van der Waals surface area contributed by atoms with Crippen molar-refractivity contribution in [3.8, 4) is 5.75 Å². The predicted octanol–water partition coefficient (Wildman–Crippen LogP) is 3.65. The van der Waals surface area contributed by atoms with Gasteiger partial charge in [-0.25, -0.2) is 4.79 Å². The van der Waals surface area contributed by atoms with E-state index >= 15 is 0 Å². The molecule has 0 aliphatic heterocycles. The van der Waals surface area contributed by atoms with Gasteiger partial charge in [-0.05, 0) is 36.2 Å². The molecule has 0 amide bonds. The monoisotopic (exact) mass is 318 g/mol. The van der Waals surface area contributed by atoms with E-state index in [9.17, 15) is 14.7 Å². The Kier molecular flexibility index (Phi) is 5.17. The van der Waals surface area contributed by atoms with Gasteiger partial charge in [-0.1, -0.05) is 29.8 Å². The highest BCUT2D eigenvalue weighted by molar-refractivity contribution is 6.31. The first-order chi connectivity index (χ1) is 10.5. The maximum absolute atomic E-state index is 12.1. The standard InChI is InChI=1S/C17H15ClO4/c1-22-17(21)15-10-13(18)7-5-11(15)6-8-16(20)12-3-2-4-14(19)9-12/h2-5,7,9-10,19H,6,8H2,1H3. The number of benzene rings is 2. The normalized spacial score (nSPS) is 10.3. The van der Waals surface area contributed by atoms with E-state index in [2.05, 4.69) is 0 Å². The minimum atomic E-state index is -0.484. The molecule has 22 heavy (non-hydrogen) atoms. The summed E-state index contributed by atoms with van der Waals surface area (Å²) in [4.78, 5) is 23.9. The van der Waals surface area contributed by atoms with Crippen LogP contribution in [0.1, 0.15) is 32.7 Å². The van der Waals surface area contributed by atoms with E-state index in [0.29, 0.717) is 28.1 Å². The Hall–Kier alpha value is -2.33. The zero-order valence-corrected chi connectivity index (χ0v) is 12.8. The van der Waals surface area contributed by atoms with Gasteiger partial charge in [0.2, 0.25) is 0 Å². The number of phenols is 1. The summed E-state index contributed by atoms with van der Waals surface area (Å²) in [5.74, 6) is -0.545. The SMILES string of the molecule is COC(=O)c1cc(Cl)ccc1CCC(=O)c1cccc(O)c1. The second kappa shape index (κ2) is 7.09. The minimum absolute atomic E-state index is 0.0487. The van der Waals surface area contributed by atoms with Crippen molar-refractivity contribution in [3.05, 3.63) is 64.2 Å². The first-order valence-electron chi connectivity index (χ1n) is 6.70. The van der Waals surface area contributed by atoms with E-state index in [0.717, 1.165) is 0 Å². The van der Waals surface area contributed by atoms with Crippen LogP contribution in [0.15, 0.2) is 42.5 Å². The number of carbonyl (C=O) groups excluding carboxylic acids is 2. The Labute approximate surface area is 133 Å². The molecule has 0 radical (unpaired) electrons. The molecule has 0 unspecified atom stereocenters. The molecule has 114 valence electrons. The van der Waals surface area contributed by atoms with Crippen molar-refractivity contribution in [3.63, 3.8) is 0 Å². The molecular formula is C17H15ClO4. The lowest BCUT2D eigenvalue weighted by atomic mass is 9.99. The second-order valence-corrected chi connectivity index (χ2v) is 5.20. The van der Waals surface area contributed by atoms with Crippen LogP contribution in [0.25, 0.3) is 0 Å². The molecule has 2 rings (SSSR count). The van der Waals surface area contributed by atoms with Gasteiger partial charge in [0, 0.05) is 17.0 Å². The Bertz CT molecular complexity index is 710. The Morgan fingerprint density at radius 1 is 1.18 bits per heavy atom. The van der Waals surface area contributed by atoms with Crippen molar-refractivity contribution >= 4 is 23.4 Å². The number of rotatable bonds is 5. The number of ether oxygens (including phenoxy) is 1. The van der Waals surface area contributed by atoms with Crippen LogP contribution in [0.4, 0.5) is 0 Å². The highest BCUT2D eigenvalue weighted by Crippen LogP contribution is 2.20. The summed E-state index contributed by atoms with van der Waals surface area (Å²) in [5, 5.41) is 9.83. The smallest absolute Gasteiger partial charge is 0.338 e. The number of esters is 1. The first kappa shape index (κ1) is 16.0. The Morgan fingerprint density at radius 3 is 2.64 bits per heavy atom. The molecule has 0 spiro atoms. The summed E-state index contributed by atoms with van der Waals surface area (Å²) in [5.41, 5.74) is 1.50. The fourth-order valence-electron chi connectivity index (χ4n) is 2.14. The third kappa shape index (κ3) is 3.86. The molecule has 5 heteroatoms. The first-order valence-corrected chi connectivity index (χ1v) is 7.08. The van der Waals surface area contributed by atoms with Crippen LogP contribution < -0.4 is 0 Å². The summed E-state index contributed by atoms with van der Waals surface area (Å²) in [6, 6.07) is 11.1. The fraction of sp³-hybridized carbons (Fsp3) is 0.176. The number of hydrogen-bond donors (Lipinski definition) is 1. The zero-order valence-electron chi connectivity index (χ0n) is 12.0. The maximum atomic E-state index is 12.1. The second-order valence-electron chi connectivity index (χ2n) is 4.77. The molecule has 0 bridgehead atoms. The molecule has 4 nitrogen and oxygen atoms in total. The van der Waals surface area contributed by atoms with Gasteiger partial charge in [0.15, 0.2) is 5.78 Å². The summed E-state index contributed by atoms with van der Waals surface area (Å²) < 4.78 is 4.72. The molecule has 0 aliphatic carbocycles. The number of aryl methyl sites for hydroxylation is 1. The molecule has 0 heterocycles. The van der Waals surface area contributed by atoms with Gasteiger partial charge in [0.1, 0.15) is 5.75 Å². The van der Waals surface area contributed by atoms with Crippen LogP contribution in [0.5, 0.6) is 5.75 Å². The number of hydrogen-bond acceptors (Lipinski definition) is 4. The summed E-state index contributed by atoms with van der Waals surface area (Å²) >= 11 is 5.89. The van der Waals surface area contributed by atoms with Crippen LogP contribution >= 0.6 is 11.6 Å². The van der Waals surface area contributed by atoms with E-state index in [1.165, 1.54) is 25.3 Å². The molecule has 0 saturated carbocycles. The topological polar surface area (TPSA) is 63.6 Å². The van der Waals surface area contributed by atoms with Gasteiger partial charge in [-0.15, -0.1) is 0 Å². The number of methoxy groups -OCH3 is 1. The van der Waals surface area contributed by atoms with Crippen LogP contribution in [-0.4, -0.2) is 24.0 Å². The van der Waals surface area contributed by atoms with Crippen LogP contribution in [0.2, 0.25) is 5.02 Å². The van der Waals surface area contributed by atoms with Gasteiger partial charge in [0.05, 0.1) is 12.7 Å². The van der Waals surface area contributed by atoms with Gasteiger partial charge in [-0.3, -0.25) is 4.79 Å². The van der Waals surface area contributed by atoms with Crippen LogP contribution in [0.3, 0.4) is 0 Å². The molecule has 1 N–H and O–H groups in total. The number of Topliss-reactive ketones (excluding diaryl/α,β-unsaturated/α-hetero) is 1. The van der Waals surface area contributed by atoms with Crippen molar-refractivity contribution in [1.82, 2.24) is 0 Å². The molecular weight excluding hydrogens is 304 g/mol. The third-order valence-electron chi connectivity index (χ3n) is 3.27. The molecule has 0 aromatic heterocycles. The number of halogens is 1.